The SMILES string of the molecule is O=C(NCC1CCCO1)C(=Cc1ccc(-c2cccc(C(F)(F)F)c2)o1)NC(=O)c1ccccc1. The van der Waals surface area contributed by atoms with Crippen LogP contribution in [0.3, 0.4) is 0 Å². The molecule has 1 atom stereocenters. The van der Waals surface area contributed by atoms with E-state index < -0.39 is 23.6 Å². The Hall–Kier alpha value is -3.85. The number of nitrogens with one attached hydrogen (secondary N) is 2. The van der Waals surface area contributed by atoms with E-state index in [1.165, 1.54) is 30.3 Å². The zero-order chi connectivity index (χ0) is 24.8. The summed E-state index contributed by atoms with van der Waals surface area (Å²) in [5.41, 5.74) is -0.277. The maximum atomic E-state index is 13.1. The van der Waals surface area contributed by atoms with E-state index >= 15 is 0 Å². The molecule has 2 N–H and O–H groups in total. The number of benzene rings is 2. The molecule has 2 amide bonds. The van der Waals surface area contributed by atoms with Crippen molar-refractivity contribution in [1.29, 1.82) is 0 Å². The number of hydrogen-bond acceptors (Lipinski definition) is 4. The molecule has 35 heavy (non-hydrogen) atoms. The van der Waals surface area contributed by atoms with Gasteiger partial charge in [-0.15, -0.1) is 0 Å². The third-order valence-corrected chi connectivity index (χ3v) is 5.43. The fourth-order valence-electron chi connectivity index (χ4n) is 3.63. The Morgan fingerprint density at radius 3 is 2.54 bits per heavy atom. The number of ether oxygens (including phenoxy) is 1. The van der Waals surface area contributed by atoms with E-state index in [-0.39, 0.29) is 35.4 Å². The molecule has 1 saturated heterocycles. The van der Waals surface area contributed by atoms with Crippen molar-refractivity contribution in [3.05, 3.63) is 89.3 Å². The number of furan rings is 1. The lowest BCUT2D eigenvalue weighted by molar-refractivity contribution is -0.137. The summed E-state index contributed by atoms with van der Waals surface area (Å²) in [7, 11) is 0. The lowest BCUT2D eigenvalue weighted by Gasteiger charge is -2.13. The summed E-state index contributed by atoms with van der Waals surface area (Å²) in [4.78, 5) is 25.6. The van der Waals surface area contributed by atoms with Crippen LogP contribution in [0.1, 0.15) is 34.5 Å². The fourth-order valence-corrected chi connectivity index (χ4v) is 3.63. The Kier molecular flexibility index (Phi) is 7.36. The average Bonchev–Trinajstić information content (AvgIpc) is 3.54. The molecular formula is C26H23F3N2O4. The van der Waals surface area contributed by atoms with Gasteiger partial charge in [0.1, 0.15) is 17.2 Å². The summed E-state index contributed by atoms with van der Waals surface area (Å²) in [5.74, 6) is -0.653. The summed E-state index contributed by atoms with van der Waals surface area (Å²) in [6.45, 7) is 0.920. The van der Waals surface area contributed by atoms with Gasteiger partial charge in [-0.1, -0.05) is 30.3 Å². The number of hydrogen-bond donors (Lipinski definition) is 2. The summed E-state index contributed by atoms with van der Waals surface area (Å²) >= 11 is 0. The van der Waals surface area contributed by atoms with Crippen molar-refractivity contribution >= 4 is 17.9 Å². The van der Waals surface area contributed by atoms with Crippen LogP contribution in [0.2, 0.25) is 0 Å². The highest BCUT2D eigenvalue weighted by Gasteiger charge is 2.30. The Labute approximate surface area is 199 Å². The number of rotatable bonds is 7. The number of carbonyl (C=O) groups is 2. The van der Waals surface area contributed by atoms with E-state index in [4.69, 9.17) is 9.15 Å². The Balaban J connectivity index is 1.57. The van der Waals surface area contributed by atoms with Crippen LogP contribution in [0.15, 0.2) is 76.8 Å². The number of amides is 2. The molecule has 0 radical (unpaired) electrons. The van der Waals surface area contributed by atoms with Gasteiger partial charge >= 0.3 is 6.18 Å². The highest BCUT2D eigenvalue weighted by atomic mass is 19.4. The Morgan fingerprint density at radius 2 is 1.83 bits per heavy atom. The summed E-state index contributed by atoms with van der Waals surface area (Å²) in [5, 5.41) is 5.35. The Bertz CT molecular complexity index is 1210. The van der Waals surface area contributed by atoms with Crippen LogP contribution >= 0.6 is 0 Å². The van der Waals surface area contributed by atoms with Crippen LogP contribution in [0, 0.1) is 0 Å². The van der Waals surface area contributed by atoms with Crippen molar-refractivity contribution in [2.24, 2.45) is 0 Å². The lowest BCUT2D eigenvalue weighted by Crippen LogP contribution is -2.38. The first-order valence-corrected chi connectivity index (χ1v) is 11.0. The normalized spacial score (nSPS) is 16.2. The number of carbonyl (C=O) groups excluding carboxylic acids is 2. The first kappa shape index (κ1) is 24.3. The molecule has 1 unspecified atom stereocenters. The fraction of sp³-hybridized carbons (Fsp3) is 0.231. The van der Waals surface area contributed by atoms with Gasteiger partial charge in [-0.05, 0) is 49.2 Å². The molecule has 2 aromatic carbocycles. The first-order chi connectivity index (χ1) is 16.8. The highest BCUT2D eigenvalue weighted by molar-refractivity contribution is 6.05. The second-order valence-corrected chi connectivity index (χ2v) is 8.00. The molecular weight excluding hydrogens is 461 g/mol. The number of halogens is 3. The molecule has 1 aliphatic heterocycles. The first-order valence-electron chi connectivity index (χ1n) is 11.0. The van der Waals surface area contributed by atoms with E-state index in [9.17, 15) is 22.8 Å². The van der Waals surface area contributed by atoms with Gasteiger partial charge in [-0.2, -0.15) is 13.2 Å². The molecule has 0 bridgehead atoms. The molecule has 1 fully saturated rings. The smallest absolute Gasteiger partial charge is 0.416 e. The monoisotopic (exact) mass is 484 g/mol. The minimum absolute atomic E-state index is 0.0678. The van der Waals surface area contributed by atoms with Gasteiger partial charge in [0.15, 0.2) is 0 Å². The van der Waals surface area contributed by atoms with Gasteiger partial charge in [-0.3, -0.25) is 9.59 Å². The van der Waals surface area contributed by atoms with E-state index in [0.717, 1.165) is 25.0 Å². The predicted octanol–water partition coefficient (Wildman–Crippen LogP) is 5.03. The van der Waals surface area contributed by atoms with Crippen molar-refractivity contribution < 1.29 is 31.9 Å². The van der Waals surface area contributed by atoms with Gasteiger partial charge in [0.2, 0.25) is 0 Å². The van der Waals surface area contributed by atoms with Crippen molar-refractivity contribution in [3.8, 4) is 11.3 Å². The zero-order valence-electron chi connectivity index (χ0n) is 18.6. The van der Waals surface area contributed by atoms with E-state index in [2.05, 4.69) is 10.6 Å². The third-order valence-electron chi connectivity index (χ3n) is 5.43. The van der Waals surface area contributed by atoms with E-state index in [0.29, 0.717) is 12.2 Å². The van der Waals surface area contributed by atoms with Gasteiger partial charge in [0.25, 0.3) is 11.8 Å². The van der Waals surface area contributed by atoms with Crippen LogP contribution < -0.4 is 10.6 Å². The topological polar surface area (TPSA) is 80.6 Å². The molecule has 4 rings (SSSR count). The largest absolute Gasteiger partial charge is 0.457 e. The molecule has 182 valence electrons. The predicted molar refractivity (Wildman–Crippen MR) is 123 cm³/mol. The minimum Gasteiger partial charge on any atom is -0.457 e. The maximum Gasteiger partial charge on any atom is 0.416 e. The summed E-state index contributed by atoms with van der Waals surface area (Å²) in [6, 6.07) is 16.1. The number of alkyl halides is 3. The van der Waals surface area contributed by atoms with E-state index in [1.54, 1.807) is 30.3 Å². The lowest BCUT2D eigenvalue weighted by atomic mass is 10.1. The molecule has 0 aliphatic carbocycles. The van der Waals surface area contributed by atoms with Crippen molar-refractivity contribution in [3.63, 3.8) is 0 Å². The van der Waals surface area contributed by atoms with Crippen LogP contribution in [0.25, 0.3) is 17.4 Å². The zero-order valence-corrected chi connectivity index (χ0v) is 18.6. The highest BCUT2D eigenvalue weighted by Crippen LogP contribution is 2.32. The molecule has 6 nitrogen and oxygen atoms in total. The van der Waals surface area contributed by atoms with Gasteiger partial charge < -0.3 is 19.8 Å². The van der Waals surface area contributed by atoms with E-state index in [1.807, 2.05) is 0 Å². The molecule has 1 aromatic heterocycles. The van der Waals surface area contributed by atoms with Crippen molar-refractivity contribution in [2.75, 3.05) is 13.2 Å². The standard InChI is InChI=1S/C26H23F3N2O4/c27-26(28,29)19-9-4-8-18(14-19)23-12-11-20(35-23)15-22(25(33)30-16-21-10-5-13-34-21)31-24(32)17-6-2-1-3-7-17/h1-4,6-9,11-12,14-15,21H,5,10,13,16H2,(H,30,33)(H,31,32). The second-order valence-electron chi connectivity index (χ2n) is 8.00. The van der Waals surface area contributed by atoms with Gasteiger partial charge in [-0.25, -0.2) is 0 Å². The maximum absolute atomic E-state index is 13.1. The van der Waals surface area contributed by atoms with Crippen LogP contribution in [-0.2, 0) is 15.7 Å². The van der Waals surface area contributed by atoms with Gasteiger partial charge in [0.05, 0.1) is 11.7 Å². The molecule has 0 spiro atoms. The van der Waals surface area contributed by atoms with Gasteiger partial charge in [0, 0.05) is 30.4 Å². The molecule has 0 saturated carbocycles. The quantitative estimate of drug-likeness (QED) is 0.461. The molecule has 3 aromatic rings. The summed E-state index contributed by atoms with van der Waals surface area (Å²) in [6.07, 6.45) is -1.50. The van der Waals surface area contributed by atoms with Crippen molar-refractivity contribution in [1.82, 2.24) is 10.6 Å². The molecule has 9 heteroatoms. The molecule has 2 heterocycles. The van der Waals surface area contributed by atoms with Crippen LogP contribution in [0.4, 0.5) is 13.2 Å². The minimum atomic E-state index is -4.48. The second kappa shape index (κ2) is 10.6. The van der Waals surface area contributed by atoms with Crippen molar-refractivity contribution in [2.45, 2.75) is 25.1 Å². The average molecular weight is 484 g/mol. The third kappa shape index (κ3) is 6.39. The molecule has 1 aliphatic rings. The Morgan fingerprint density at radius 1 is 1.03 bits per heavy atom. The van der Waals surface area contributed by atoms with Crippen LogP contribution in [0.5, 0.6) is 0 Å². The summed E-state index contributed by atoms with van der Waals surface area (Å²) < 4.78 is 50.4. The van der Waals surface area contributed by atoms with Crippen LogP contribution in [-0.4, -0.2) is 31.1 Å².